The van der Waals surface area contributed by atoms with Crippen LogP contribution < -0.4 is 10.5 Å². The molecule has 0 saturated heterocycles. The van der Waals surface area contributed by atoms with Crippen molar-refractivity contribution < 1.29 is 4.74 Å². The lowest BCUT2D eigenvalue weighted by Gasteiger charge is -2.31. The quantitative estimate of drug-likeness (QED) is 0.873. The fraction of sp³-hybridized carbons (Fsp3) is 0.250. The van der Waals surface area contributed by atoms with Crippen molar-refractivity contribution in [2.45, 2.75) is 18.4 Å². The van der Waals surface area contributed by atoms with E-state index in [0.29, 0.717) is 12.5 Å². The lowest BCUT2D eigenvalue weighted by molar-refractivity contribution is 0.161. The molecule has 0 spiro atoms. The second kappa shape index (κ2) is 4.83. The number of ether oxygens (including phenoxy) is 1. The predicted octanol–water partition coefficient (Wildman–Crippen LogP) is 3.25. The molecule has 0 radical (unpaired) electrons. The van der Waals surface area contributed by atoms with Gasteiger partial charge < -0.3 is 10.5 Å². The van der Waals surface area contributed by atoms with Crippen LogP contribution in [0.25, 0.3) is 0 Å². The minimum Gasteiger partial charge on any atom is -0.485 e. The van der Waals surface area contributed by atoms with E-state index in [9.17, 15) is 0 Å². The van der Waals surface area contributed by atoms with Gasteiger partial charge in [-0.1, -0.05) is 48.5 Å². The van der Waals surface area contributed by atoms with Crippen molar-refractivity contribution in [1.82, 2.24) is 0 Å². The number of benzene rings is 2. The highest BCUT2D eigenvalue weighted by Gasteiger charge is 2.27. The summed E-state index contributed by atoms with van der Waals surface area (Å²) in [4.78, 5) is 0. The molecule has 92 valence electrons. The zero-order chi connectivity index (χ0) is 12.4. The van der Waals surface area contributed by atoms with Crippen molar-refractivity contribution in [2.24, 2.45) is 5.73 Å². The Kier molecular flexibility index (Phi) is 3.03. The van der Waals surface area contributed by atoms with E-state index < -0.39 is 0 Å². The fourth-order valence-electron chi connectivity index (χ4n) is 2.61. The van der Waals surface area contributed by atoms with Gasteiger partial charge in [0.1, 0.15) is 11.9 Å². The second-order valence-electron chi connectivity index (χ2n) is 4.72. The van der Waals surface area contributed by atoms with Gasteiger partial charge in [0, 0.05) is 5.92 Å². The van der Waals surface area contributed by atoms with Gasteiger partial charge in [-0.05, 0) is 30.2 Å². The molecule has 0 bridgehead atoms. The molecule has 2 atom stereocenters. The SMILES string of the molecule is NCC1CC(c2ccccc2)Oc2ccccc21. The van der Waals surface area contributed by atoms with Crippen molar-refractivity contribution in [3.63, 3.8) is 0 Å². The molecule has 0 saturated carbocycles. The average molecular weight is 239 g/mol. The number of fused-ring (bicyclic) bond motifs is 1. The molecule has 1 heterocycles. The van der Waals surface area contributed by atoms with Crippen LogP contribution in [0.15, 0.2) is 54.6 Å². The second-order valence-corrected chi connectivity index (χ2v) is 4.72. The standard InChI is InChI=1S/C16H17NO/c17-11-13-10-16(12-6-2-1-3-7-12)18-15-9-5-4-8-14(13)15/h1-9,13,16H,10-11,17H2. The molecule has 1 aliphatic heterocycles. The third-order valence-corrected chi connectivity index (χ3v) is 3.58. The molecule has 1 aliphatic rings. The van der Waals surface area contributed by atoms with Gasteiger partial charge in [0.25, 0.3) is 0 Å². The van der Waals surface area contributed by atoms with Gasteiger partial charge in [-0.25, -0.2) is 0 Å². The maximum Gasteiger partial charge on any atom is 0.124 e. The van der Waals surface area contributed by atoms with E-state index in [4.69, 9.17) is 10.5 Å². The normalized spacial score (nSPS) is 22.1. The summed E-state index contributed by atoms with van der Waals surface area (Å²) in [6.07, 6.45) is 1.08. The third kappa shape index (κ3) is 2.00. The summed E-state index contributed by atoms with van der Waals surface area (Å²) in [5, 5.41) is 0. The molecule has 0 fully saturated rings. The van der Waals surface area contributed by atoms with Crippen molar-refractivity contribution in [1.29, 1.82) is 0 Å². The van der Waals surface area contributed by atoms with E-state index in [1.54, 1.807) is 0 Å². The summed E-state index contributed by atoms with van der Waals surface area (Å²) in [6, 6.07) is 18.6. The minimum atomic E-state index is 0.120. The fourth-order valence-corrected chi connectivity index (χ4v) is 2.61. The maximum atomic E-state index is 6.09. The Morgan fingerprint density at radius 2 is 1.72 bits per heavy atom. The summed E-state index contributed by atoms with van der Waals surface area (Å²) in [5.74, 6) is 1.37. The molecular formula is C16H17NO. The van der Waals surface area contributed by atoms with E-state index in [1.807, 2.05) is 24.3 Å². The summed E-state index contributed by atoms with van der Waals surface area (Å²) < 4.78 is 6.09. The van der Waals surface area contributed by atoms with Gasteiger partial charge in [-0.3, -0.25) is 0 Å². The van der Waals surface area contributed by atoms with Gasteiger partial charge in [-0.15, -0.1) is 0 Å². The van der Waals surface area contributed by atoms with Crippen LogP contribution >= 0.6 is 0 Å². The summed E-state index contributed by atoms with van der Waals surface area (Å²) >= 11 is 0. The van der Waals surface area contributed by atoms with Gasteiger partial charge >= 0.3 is 0 Å². The molecule has 2 N–H and O–H groups in total. The van der Waals surface area contributed by atoms with Crippen LogP contribution in [0.1, 0.15) is 29.6 Å². The van der Waals surface area contributed by atoms with E-state index >= 15 is 0 Å². The van der Waals surface area contributed by atoms with Gasteiger partial charge in [-0.2, -0.15) is 0 Å². The van der Waals surface area contributed by atoms with Gasteiger partial charge in [0.15, 0.2) is 0 Å². The van der Waals surface area contributed by atoms with Gasteiger partial charge in [0.05, 0.1) is 0 Å². The molecule has 0 amide bonds. The van der Waals surface area contributed by atoms with Crippen LogP contribution in [0.5, 0.6) is 5.75 Å². The Bertz CT molecular complexity index is 524. The smallest absolute Gasteiger partial charge is 0.124 e. The third-order valence-electron chi connectivity index (χ3n) is 3.58. The topological polar surface area (TPSA) is 35.2 Å². The molecule has 18 heavy (non-hydrogen) atoms. The van der Waals surface area contributed by atoms with Gasteiger partial charge in [0.2, 0.25) is 0 Å². The first kappa shape index (κ1) is 11.3. The first-order valence-electron chi connectivity index (χ1n) is 6.39. The number of para-hydroxylation sites is 1. The zero-order valence-corrected chi connectivity index (χ0v) is 10.3. The molecule has 3 rings (SSSR count). The number of rotatable bonds is 2. The number of nitrogens with two attached hydrogens (primary N) is 1. The van der Waals surface area contributed by atoms with E-state index in [2.05, 4.69) is 30.3 Å². The molecule has 2 aromatic carbocycles. The summed E-state index contributed by atoms with van der Waals surface area (Å²) in [5.41, 5.74) is 8.37. The van der Waals surface area contributed by atoms with Crippen molar-refractivity contribution in [2.75, 3.05) is 6.54 Å². The Hall–Kier alpha value is -1.80. The van der Waals surface area contributed by atoms with Crippen LogP contribution in [0.3, 0.4) is 0 Å². The van der Waals surface area contributed by atoms with Crippen LogP contribution in [0, 0.1) is 0 Å². The molecule has 2 nitrogen and oxygen atoms in total. The zero-order valence-electron chi connectivity index (χ0n) is 10.3. The predicted molar refractivity (Wildman–Crippen MR) is 72.7 cm³/mol. The lowest BCUT2D eigenvalue weighted by Crippen LogP contribution is -2.24. The maximum absolute atomic E-state index is 6.09. The Morgan fingerprint density at radius 1 is 1.00 bits per heavy atom. The van der Waals surface area contributed by atoms with Crippen LogP contribution in [-0.2, 0) is 0 Å². The Morgan fingerprint density at radius 3 is 2.50 bits per heavy atom. The van der Waals surface area contributed by atoms with E-state index in [1.165, 1.54) is 11.1 Å². The van der Waals surface area contributed by atoms with Crippen LogP contribution in [0.2, 0.25) is 0 Å². The minimum absolute atomic E-state index is 0.120. The average Bonchev–Trinajstić information content (AvgIpc) is 2.47. The highest BCUT2D eigenvalue weighted by Crippen LogP contribution is 2.41. The lowest BCUT2D eigenvalue weighted by atomic mass is 9.87. The largest absolute Gasteiger partial charge is 0.485 e. The molecule has 2 heteroatoms. The molecule has 0 aromatic heterocycles. The molecule has 0 aliphatic carbocycles. The van der Waals surface area contributed by atoms with Crippen LogP contribution in [-0.4, -0.2) is 6.54 Å². The summed E-state index contributed by atoms with van der Waals surface area (Å²) in [6.45, 7) is 0.670. The highest BCUT2D eigenvalue weighted by atomic mass is 16.5. The molecule has 2 unspecified atom stereocenters. The van der Waals surface area contributed by atoms with Crippen LogP contribution in [0.4, 0.5) is 0 Å². The monoisotopic (exact) mass is 239 g/mol. The van der Waals surface area contributed by atoms with Crippen molar-refractivity contribution in [3.8, 4) is 5.75 Å². The first-order valence-corrected chi connectivity index (χ1v) is 6.39. The summed E-state index contributed by atoms with van der Waals surface area (Å²) in [7, 11) is 0. The van der Waals surface area contributed by atoms with E-state index in [0.717, 1.165) is 12.2 Å². The first-order chi connectivity index (χ1) is 8.88. The molecular weight excluding hydrogens is 222 g/mol. The Balaban J connectivity index is 1.95. The van der Waals surface area contributed by atoms with Crippen molar-refractivity contribution >= 4 is 0 Å². The number of hydrogen-bond acceptors (Lipinski definition) is 2. The Labute approximate surface area is 107 Å². The van der Waals surface area contributed by atoms with Crippen molar-refractivity contribution in [3.05, 3.63) is 65.7 Å². The number of hydrogen-bond donors (Lipinski definition) is 1. The van der Waals surface area contributed by atoms with E-state index in [-0.39, 0.29) is 6.10 Å². The highest BCUT2D eigenvalue weighted by molar-refractivity contribution is 5.39. The molecule has 2 aromatic rings.